The normalized spacial score (nSPS) is 14.9. The Morgan fingerprint density at radius 2 is 0.810 bits per heavy atom. The van der Waals surface area contributed by atoms with Crippen molar-refractivity contribution in [2.24, 2.45) is 0 Å². The van der Waals surface area contributed by atoms with Crippen LogP contribution >= 0.6 is 0 Å². The van der Waals surface area contributed by atoms with Gasteiger partial charge in [0.15, 0.2) is 0 Å². The van der Waals surface area contributed by atoms with Gasteiger partial charge in [0, 0.05) is 61.7 Å². The van der Waals surface area contributed by atoms with Crippen LogP contribution in [0.1, 0.15) is 51.7 Å². The van der Waals surface area contributed by atoms with E-state index in [0.29, 0.717) is 0 Å². The number of benzene rings is 11. The summed E-state index contributed by atoms with van der Waals surface area (Å²) in [6.45, 7) is 9.54. The zero-order chi connectivity index (χ0) is 52.7. The number of nitrogens with zero attached hydrogens (tertiary/aromatic N) is 3. The Morgan fingerprint density at radius 3 is 1.43 bits per heavy atom. The molecule has 79 heavy (non-hydrogen) atoms. The molecule has 2 aromatic heterocycles. The average molecular weight is 1010 g/mol. The van der Waals surface area contributed by atoms with Gasteiger partial charge in [-0.25, -0.2) is 0 Å². The van der Waals surface area contributed by atoms with Crippen molar-refractivity contribution in [3.63, 3.8) is 0 Å². The summed E-state index contributed by atoms with van der Waals surface area (Å²) in [4.78, 5) is 5.08. The molecular formula is C74H56BN3O. The molecule has 2 aliphatic heterocycles. The van der Waals surface area contributed by atoms with E-state index in [4.69, 9.17) is 4.42 Å². The molecule has 4 nitrogen and oxygen atoms in total. The summed E-state index contributed by atoms with van der Waals surface area (Å²) in [7, 11) is 0. The summed E-state index contributed by atoms with van der Waals surface area (Å²) in [6.07, 6.45) is 2.38. The smallest absolute Gasteiger partial charge is 0.252 e. The van der Waals surface area contributed by atoms with E-state index in [0.717, 1.165) is 56.1 Å². The molecule has 5 heteroatoms. The summed E-state index contributed by atoms with van der Waals surface area (Å²) >= 11 is 0. The Balaban J connectivity index is 0.990. The second-order valence-electron chi connectivity index (χ2n) is 23.5. The zero-order valence-corrected chi connectivity index (χ0v) is 44.8. The van der Waals surface area contributed by atoms with Gasteiger partial charge in [0.05, 0.1) is 16.7 Å². The minimum absolute atomic E-state index is 0.111. The first-order valence-electron chi connectivity index (χ1n) is 28.0. The summed E-state index contributed by atoms with van der Waals surface area (Å²) in [5.41, 5.74) is 26.2. The molecule has 13 aromatic rings. The van der Waals surface area contributed by atoms with Crippen LogP contribution in [0.2, 0.25) is 0 Å². The standard InChI is InChI=1S/C74H56BN3O/c1-73(2)39-40-74(3,4)61-41-50(29-36-60(61)73)49-27-32-53(33-28-49)76-66-37-30-51(47-17-7-5-8-18-47)42-62(66)75-63-43-52(48-19-9-6-10-20-48)31-38-67(63)77(54-34-35-59-58-23-13-16-26-70(58)79-71(59)46-54)69-45-55(44-68(76)72(69)75)78-64-24-14-11-21-56(64)57-22-12-15-25-65(57)78/h5-38,41-46H,39-40H2,1-4H3. The lowest BCUT2D eigenvalue weighted by Gasteiger charge is -2.44. The van der Waals surface area contributed by atoms with Crippen LogP contribution in [0.5, 0.6) is 0 Å². The van der Waals surface area contributed by atoms with Gasteiger partial charge in [0.25, 0.3) is 6.71 Å². The zero-order valence-electron chi connectivity index (χ0n) is 44.8. The first-order valence-corrected chi connectivity index (χ1v) is 28.0. The molecule has 11 aromatic carbocycles. The quantitative estimate of drug-likeness (QED) is 0.155. The summed E-state index contributed by atoms with van der Waals surface area (Å²) in [5.74, 6) is 0. The van der Waals surface area contributed by atoms with Gasteiger partial charge in [-0.1, -0.05) is 198 Å². The predicted molar refractivity (Wildman–Crippen MR) is 334 cm³/mol. The maximum Gasteiger partial charge on any atom is 0.252 e. The van der Waals surface area contributed by atoms with E-state index in [1.54, 1.807) is 0 Å². The summed E-state index contributed by atoms with van der Waals surface area (Å²) in [5, 5.41) is 4.69. The van der Waals surface area contributed by atoms with Gasteiger partial charge >= 0.3 is 0 Å². The lowest BCUT2D eigenvalue weighted by Crippen LogP contribution is -2.61. The molecule has 0 atom stereocenters. The Morgan fingerprint density at radius 1 is 0.342 bits per heavy atom. The first-order chi connectivity index (χ1) is 38.6. The highest BCUT2D eigenvalue weighted by Crippen LogP contribution is 2.50. The van der Waals surface area contributed by atoms with E-state index >= 15 is 0 Å². The first kappa shape index (κ1) is 45.8. The molecule has 0 amide bonds. The van der Waals surface area contributed by atoms with Crippen molar-refractivity contribution < 1.29 is 4.42 Å². The van der Waals surface area contributed by atoms with E-state index in [-0.39, 0.29) is 17.5 Å². The topological polar surface area (TPSA) is 24.6 Å². The Labute approximate surface area is 461 Å². The van der Waals surface area contributed by atoms with E-state index in [9.17, 15) is 0 Å². The highest BCUT2D eigenvalue weighted by Gasteiger charge is 2.45. The van der Waals surface area contributed by atoms with Gasteiger partial charge < -0.3 is 18.8 Å². The van der Waals surface area contributed by atoms with Crippen molar-refractivity contribution in [2.45, 2.75) is 51.4 Å². The van der Waals surface area contributed by atoms with Crippen LogP contribution in [0.3, 0.4) is 0 Å². The highest BCUT2D eigenvalue weighted by atomic mass is 16.3. The molecule has 16 rings (SSSR count). The van der Waals surface area contributed by atoms with Crippen LogP contribution in [0.4, 0.5) is 34.1 Å². The molecule has 0 unspecified atom stereocenters. The average Bonchev–Trinajstić information content (AvgIpc) is 4.17. The third kappa shape index (κ3) is 7.01. The number of hydrogen-bond donors (Lipinski definition) is 0. The van der Waals surface area contributed by atoms with Crippen LogP contribution in [0, 0.1) is 0 Å². The molecule has 0 radical (unpaired) electrons. The molecule has 376 valence electrons. The largest absolute Gasteiger partial charge is 0.456 e. The predicted octanol–water partition coefficient (Wildman–Crippen LogP) is 18.1. The van der Waals surface area contributed by atoms with Crippen molar-refractivity contribution in [1.82, 2.24) is 4.57 Å². The summed E-state index contributed by atoms with van der Waals surface area (Å²) < 4.78 is 9.20. The number of anilines is 6. The van der Waals surface area contributed by atoms with E-state index in [1.165, 1.54) is 101 Å². The van der Waals surface area contributed by atoms with Crippen molar-refractivity contribution in [3.8, 4) is 39.1 Å². The number of aromatic nitrogens is 1. The number of fused-ring (bicyclic) bond motifs is 11. The monoisotopic (exact) mass is 1010 g/mol. The van der Waals surface area contributed by atoms with Gasteiger partial charge in [0.2, 0.25) is 0 Å². The molecule has 4 heterocycles. The van der Waals surface area contributed by atoms with Crippen molar-refractivity contribution >= 4 is 101 Å². The lowest BCUT2D eigenvalue weighted by molar-refractivity contribution is 0.332. The van der Waals surface area contributed by atoms with Crippen molar-refractivity contribution in [2.75, 3.05) is 9.80 Å². The fourth-order valence-electron chi connectivity index (χ4n) is 13.9. The minimum atomic E-state index is -0.126. The SMILES string of the molecule is CC1(C)CCC(C)(C)c2cc(-c3ccc(N4c5ccc(-c6ccccc6)cc5B5c6cc(-c7ccccc7)ccc6N(c6ccc7c(c6)oc6ccccc67)c6cc(-n7c8ccccc8c8ccccc87)cc4c65)cc3)ccc21. The van der Waals surface area contributed by atoms with Gasteiger partial charge in [0.1, 0.15) is 11.2 Å². The van der Waals surface area contributed by atoms with Crippen LogP contribution in [-0.4, -0.2) is 11.3 Å². The molecule has 3 aliphatic rings. The molecule has 1 aliphatic carbocycles. The fourth-order valence-corrected chi connectivity index (χ4v) is 13.9. The fraction of sp³-hybridized carbons (Fsp3) is 0.108. The Bertz CT molecular complexity index is 4570. The third-order valence-electron chi connectivity index (χ3n) is 18.0. The molecule has 0 saturated carbocycles. The van der Waals surface area contributed by atoms with Crippen molar-refractivity contribution in [1.29, 1.82) is 0 Å². The van der Waals surface area contributed by atoms with Crippen LogP contribution in [0.25, 0.3) is 82.8 Å². The van der Waals surface area contributed by atoms with Crippen LogP contribution in [-0.2, 0) is 10.8 Å². The molecule has 0 saturated heterocycles. The lowest BCUT2D eigenvalue weighted by atomic mass is 9.33. The van der Waals surface area contributed by atoms with E-state index in [2.05, 4.69) is 285 Å². The molecule has 0 fully saturated rings. The van der Waals surface area contributed by atoms with E-state index < -0.39 is 0 Å². The van der Waals surface area contributed by atoms with Gasteiger partial charge in [-0.3, -0.25) is 0 Å². The highest BCUT2D eigenvalue weighted by molar-refractivity contribution is 7.00. The van der Waals surface area contributed by atoms with Gasteiger partial charge in [-0.2, -0.15) is 0 Å². The molecule has 0 spiro atoms. The second-order valence-corrected chi connectivity index (χ2v) is 23.5. The van der Waals surface area contributed by atoms with Gasteiger partial charge in [-0.15, -0.1) is 0 Å². The number of para-hydroxylation sites is 3. The minimum Gasteiger partial charge on any atom is -0.456 e. The number of rotatable bonds is 6. The summed E-state index contributed by atoms with van der Waals surface area (Å²) in [6, 6.07) is 90.6. The number of hydrogen-bond acceptors (Lipinski definition) is 3. The Kier molecular flexibility index (Phi) is 9.92. The molecular weight excluding hydrogens is 958 g/mol. The molecule has 0 bridgehead atoms. The van der Waals surface area contributed by atoms with Gasteiger partial charge in [-0.05, 0) is 151 Å². The van der Waals surface area contributed by atoms with Crippen LogP contribution < -0.4 is 26.2 Å². The molecule has 0 N–H and O–H groups in total. The second kappa shape index (κ2) is 17.1. The number of furan rings is 1. The third-order valence-corrected chi connectivity index (χ3v) is 18.0. The van der Waals surface area contributed by atoms with E-state index in [1.807, 2.05) is 0 Å². The maximum absolute atomic E-state index is 6.72. The van der Waals surface area contributed by atoms with Crippen molar-refractivity contribution in [3.05, 3.63) is 254 Å². The maximum atomic E-state index is 6.72. The Hall–Kier alpha value is -9.32. The van der Waals surface area contributed by atoms with Crippen LogP contribution in [0.15, 0.2) is 247 Å².